The van der Waals surface area contributed by atoms with Gasteiger partial charge in [-0.1, -0.05) is 0 Å². The number of rotatable bonds is 4. The highest BCUT2D eigenvalue weighted by Gasteiger charge is 2.12. The van der Waals surface area contributed by atoms with Crippen LogP contribution in [-0.2, 0) is 11.8 Å². The molecule has 7 nitrogen and oxygen atoms in total. The van der Waals surface area contributed by atoms with Gasteiger partial charge >= 0.3 is 0 Å². The van der Waals surface area contributed by atoms with Crippen LogP contribution in [0.4, 0.5) is 5.82 Å². The highest BCUT2D eigenvalue weighted by Crippen LogP contribution is 2.21. The lowest BCUT2D eigenvalue weighted by Crippen LogP contribution is -2.21. The number of amides is 1. The average Bonchev–Trinajstić information content (AvgIpc) is 2.62. The van der Waals surface area contributed by atoms with Crippen molar-refractivity contribution in [3.05, 3.63) is 30.0 Å². The highest BCUT2D eigenvalue weighted by atomic mass is 16.5. The summed E-state index contributed by atoms with van der Waals surface area (Å²) >= 11 is 0. The molecule has 0 saturated heterocycles. The number of carbonyl (C=O) groups is 1. The first kappa shape index (κ1) is 13.0. The molecule has 0 fully saturated rings. The van der Waals surface area contributed by atoms with Crippen LogP contribution in [0.1, 0.15) is 11.4 Å². The van der Waals surface area contributed by atoms with E-state index in [2.05, 4.69) is 20.4 Å². The monoisotopic (exact) mass is 261 g/mol. The molecule has 0 bridgehead atoms. The van der Waals surface area contributed by atoms with Crippen LogP contribution in [0.25, 0.3) is 0 Å². The maximum atomic E-state index is 11.7. The fourth-order valence-electron chi connectivity index (χ4n) is 1.64. The van der Waals surface area contributed by atoms with Gasteiger partial charge in [-0.25, -0.2) is 4.98 Å². The Kier molecular flexibility index (Phi) is 3.74. The Balaban J connectivity index is 1.94. The molecule has 0 unspecified atom stereocenters. The SMILES string of the molecule is Cc1nn(C)c(C)c1OCC(=O)Nc1cnccn1. The summed E-state index contributed by atoms with van der Waals surface area (Å²) < 4.78 is 7.19. The van der Waals surface area contributed by atoms with Gasteiger partial charge in [-0.3, -0.25) is 14.5 Å². The molecule has 0 spiro atoms. The van der Waals surface area contributed by atoms with Gasteiger partial charge in [0.1, 0.15) is 5.69 Å². The van der Waals surface area contributed by atoms with Crippen LogP contribution in [0, 0.1) is 13.8 Å². The van der Waals surface area contributed by atoms with Crippen molar-refractivity contribution in [1.29, 1.82) is 0 Å². The van der Waals surface area contributed by atoms with E-state index in [9.17, 15) is 4.79 Å². The van der Waals surface area contributed by atoms with Crippen molar-refractivity contribution in [1.82, 2.24) is 19.7 Å². The van der Waals surface area contributed by atoms with Crippen molar-refractivity contribution in [3.8, 4) is 5.75 Å². The molecule has 100 valence electrons. The molecule has 7 heteroatoms. The Morgan fingerprint density at radius 1 is 1.42 bits per heavy atom. The quantitative estimate of drug-likeness (QED) is 0.882. The lowest BCUT2D eigenvalue weighted by atomic mass is 10.3. The Morgan fingerprint density at radius 3 is 2.79 bits per heavy atom. The molecular formula is C12H15N5O2. The molecule has 1 N–H and O–H groups in total. The van der Waals surface area contributed by atoms with E-state index in [1.54, 1.807) is 4.68 Å². The molecule has 0 radical (unpaired) electrons. The van der Waals surface area contributed by atoms with Gasteiger partial charge in [0.05, 0.1) is 11.9 Å². The first-order valence-corrected chi connectivity index (χ1v) is 5.77. The molecule has 2 rings (SSSR count). The predicted octanol–water partition coefficient (Wildman–Crippen LogP) is 0.844. The summed E-state index contributed by atoms with van der Waals surface area (Å²) in [5.74, 6) is 0.746. The molecule has 0 aromatic carbocycles. The standard InChI is InChI=1S/C12H15N5O2/c1-8-12(9(2)17(3)16-8)19-7-11(18)15-10-6-13-4-5-14-10/h4-6H,7H2,1-3H3,(H,14,15,18). The zero-order valence-corrected chi connectivity index (χ0v) is 11.0. The van der Waals surface area contributed by atoms with E-state index in [0.29, 0.717) is 11.6 Å². The van der Waals surface area contributed by atoms with Crippen LogP contribution >= 0.6 is 0 Å². The molecule has 1 amide bonds. The number of anilines is 1. The largest absolute Gasteiger partial charge is 0.480 e. The molecule has 0 aliphatic heterocycles. The fourth-order valence-corrected chi connectivity index (χ4v) is 1.64. The zero-order chi connectivity index (χ0) is 13.8. The summed E-state index contributed by atoms with van der Waals surface area (Å²) in [6.07, 6.45) is 4.51. The van der Waals surface area contributed by atoms with Gasteiger partial charge in [-0.05, 0) is 13.8 Å². The van der Waals surface area contributed by atoms with Gasteiger partial charge in [0, 0.05) is 19.4 Å². The Bertz CT molecular complexity index is 579. The Hall–Kier alpha value is -2.44. The van der Waals surface area contributed by atoms with Crippen LogP contribution in [0.2, 0.25) is 0 Å². The van der Waals surface area contributed by atoms with Gasteiger partial charge in [-0.15, -0.1) is 0 Å². The minimum atomic E-state index is -0.289. The molecule has 0 aliphatic carbocycles. The van der Waals surface area contributed by atoms with E-state index in [-0.39, 0.29) is 12.5 Å². The average molecular weight is 261 g/mol. The van der Waals surface area contributed by atoms with Crippen LogP contribution in [0.15, 0.2) is 18.6 Å². The summed E-state index contributed by atoms with van der Waals surface area (Å²) in [5, 5.41) is 6.80. The normalized spacial score (nSPS) is 10.3. The molecule has 19 heavy (non-hydrogen) atoms. The maximum absolute atomic E-state index is 11.7. The third-order valence-electron chi connectivity index (χ3n) is 2.62. The Labute approximate surface area is 110 Å². The number of hydrogen-bond donors (Lipinski definition) is 1. The number of hydrogen-bond acceptors (Lipinski definition) is 5. The molecule has 0 atom stereocenters. The highest BCUT2D eigenvalue weighted by molar-refractivity contribution is 5.90. The van der Waals surface area contributed by atoms with Crippen LogP contribution in [0.3, 0.4) is 0 Å². The van der Waals surface area contributed by atoms with Gasteiger partial charge in [0.15, 0.2) is 18.2 Å². The number of nitrogens with one attached hydrogen (secondary N) is 1. The predicted molar refractivity (Wildman–Crippen MR) is 68.8 cm³/mol. The molecule has 2 aromatic heterocycles. The van der Waals surface area contributed by atoms with Crippen molar-refractivity contribution < 1.29 is 9.53 Å². The van der Waals surface area contributed by atoms with E-state index in [4.69, 9.17) is 4.74 Å². The first-order chi connectivity index (χ1) is 9.08. The van der Waals surface area contributed by atoms with Crippen LogP contribution < -0.4 is 10.1 Å². The van der Waals surface area contributed by atoms with Crippen molar-refractivity contribution in [3.63, 3.8) is 0 Å². The third-order valence-corrected chi connectivity index (χ3v) is 2.62. The zero-order valence-electron chi connectivity index (χ0n) is 11.0. The number of nitrogens with zero attached hydrogens (tertiary/aromatic N) is 4. The second-order valence-corrected chi connectivity index (χ2v) is 4.05. The van der Waals surface area contributed by atoms with Gasteiger partial charge in [0.25, 0.3) is 5.91 Å². The van der Waals surface area contributed by atoms with E-state index >= 15 is 0 Å². The van der Waals surface area contributed by atoms with Crippen molar-refractivity contribution in [2.45, 2.75) is 13.8 Å². The molecular weight excluding hydrogens is 246 g/mol. The van der Waals surface area contributed by atoms with E-state index in [1.807, 2.05) is 20.9 Å². The van der Waals surface area contributed by atoms with E-state index in [1.165, 1.54) is 18.6 Å². The smallest absolute Gasteiger partial charge is 0.263 e. The van der Waals surface area contributed by atoms with Gasteiger partial charge < -0.3 is 10.1 Å². The summed E-state index contributed by atoms with van der Waals surface area (Å²) in [7, 11) is 1.83. The summed E-state index contributed by atoms with van der Waals surface area (Å²) in [4.78, 5) is 19.5. The summed E-state index contributed by atoms with van der Waals surface area (Å²) in [5.41, 5.74) is 1.64. The third kappa shape index (κ3) is 3.06. The van der Waals surface area contributed by atoms with E-state index in [0.717, 1.165) is 11.4 Å². The Morgan fingerprint density at radius 2 is 2.21 bits per heavy atom. The second-order valence-electron chi connectivity index (χ2n) is 4.05. The first-order valence-electron chi connectivity index (χ1n) is 5.77. The van der Waals surface area contributed by atoms with Gasteiger partial charge in [-0.2, -0.15) is 5.10 Å². The van der Waals surface area contributed by atoms with Crippen LogP contribution in [0.5, 0.6) is 5.75 Å². The molecule has 0 saturated carbocycles. The maximum Gasteiger partial charge on any atom is 0.263 e. The fraction of sp³-hybridized carbons (Fsp3) is 0.333. The van der Waals surface area contributed by atoms with Crippen molar-refractivity contribution in [2.75, 3.05) is 11.9 Å². The lowest BCUT2D eigenvalue weighted by Gasteiger charge is -2.06. The minimum Gasteiger partial charge on any atom is -0.480 e. The molecule has 2 heterocycles. The summed E-state index contributed by atoms with van der Waals surface area (Å²) in [6, 6.07) is 0. The molecule has 2 aromatic rings. The number of aryl methyl sites for hydroxylation is 2. The number of ether oxygens (including phenoxy) is 1. The van der Waals surface area contributed by atoms with E-state index < -0.39 is 0 Å². The number of carbonyl (C=O) groups excluding carboxylic acids is 1. The molecule has 0 aliphatic rings. The summed E-state index contributed by atoms with van der Waals surface area (Å²) in [6.45, 7) is 3.63. The lowest BCUT2D eigenvalue weighted by molar-refractivity contribution is -0.118. The van der Waals surface area contributed by atoms with Crippen molar-refractivity contribution in [2.24, 2.45) is 7.05 Å². The van der Waals surface area contributed by atoms with Crippen molar-refractivity contribution >= 4 is 11.7 Å². The second kappa shape index (κ2) is 5.47. The topological polar surface area (TPSA) is 81.9 Å². The number of aromatic nitrogens is 4. The van der Waals surface area contributed by atoms with Crippen LogP contribution in [-0.4, -0.2) is 32.3 Å². The minimum absolute atomic E-state index is 0.0933. The van der Waals surface area contributed by atoms with Gasteiger partial charge in [0.2, 0.25) is 0 Å².